The molecule has 150 valence electrons. The van der Waals surface area contributed by atoms with Gasteiger partial charge in [0, 0.05) is 28.2 Å². The van der Waals surface area contributed by atoms with Crippen molar-refractivity contribution in [3.8, 4) is 5.69 Å². The molecule has 0 aliphatic heterocycles. The minimum absolute atomic E-state index is 0.221. The van der Waals surface area contributed by atoms with Gasteiger partial charge in [-0.2, -0.15) is 5.10 Å². The summed E-state index contributed by atoms with van der Waals surface area (Å²) in [5.74, 6) is -0.221. The summed E-state index contributed by atoms with van der Waals surface area (Å²) in [4.78, 5) is 12.5. The van der Waals surface area contributed by atoms with Gasteiger partial charge in [0.25, 0.3) is 5.91 Å². The second kappa shape index (κ2) is 8.37. The van der Waals surface area contributed by atoms with Crippen LogP contribution in [-0.4, -0.2) is 16.7 Å². The van der Waals surface area contributed by atoms with Crippen LogP contribution in [-0.2, 0) is 6.42 Å². The molecule has 1 aromatic heterocycles. The minimum atomic E-state index is -0.221. The maximum atomic E-state index is 12.5. The minimum Gasteiger partial charge on any atom is -0.318 e. The van der Waals surface area contributed by atoms with E-state index in [1.165, 1.54) is 5.56 Å². The Morgan fingerprint density at radius 1 is 0.967 bits per heavy atom. The number of nitrogens with zero attached hydrogens (tertiary/aromatic N) is 2. The molecular formula is C26H25N3O. The molecule has 1 N–H and O–H groups in total. The van der Waals surface area contributed by atoms with Gasteiger partial charge in [0.05, 0.1) is 6.21 Å². The lowest BCUT2D eigenvalue weighted by Crippen LogP contribution is -2.17. The van der Waals surface area contributed by atoms with Crippen molar-refractivity contribution in [1.29, 1.82) is 0 Å². The van der Waals surface area contributed by atoms with Crippen molar-refractivity contribution in [1.82, 2.24) is 9.99 Å². The fraction of sp³-hybridized carbons (Fsp3) is 0.154. The Bertz CT molecular complexity index is 1230. The van der Waals surface area contributed by atoms with Gasteiger partial charge < -0.3 is 4.57 Å². The quantitative estimate of drug-likeness (QED) is 0.348. The lowest BCUT2D eigenvalue weighted by molar-refractivity contribution is 0.0955. The zero-order valence-corrected chi connectivity index (χ0v) is 17.5. The van der Waals surface area contributed by atoms with Crippen molar-refractivity contribution < 1.29 is 4.79 Å². The molecule has 0 fully saturated rings. The van der Waals surface area contributed by atoms with Crippen LogP contribution in [0.15, 0.2) is 77.9 Å². The Labute approximate surface area is 176 Å². The molecule has 0 radical (unpaired) electrons. The Morgan fingerprint density at radius 2 is 1.70 bits per heavy atom. The van der Waals surface area contributed by atoms with Gasteiger partial charge in [0.1, 0.15) is 0 Å². The van der Waals surface area contributed by atoms with E-state index >= 15 is 0 Å². The van der Waals surface area contributed by atoms with Crippen LogP contribution in [0, 0.1) is 13.8 Å². The number of benzene rings is 3. The molecule has 0 unspecified atom stereocenters. The summed E-state index contributed by atoms with van der Waals surface area (Å²) in [7, 11) is 0. The van der Waals surface area contributed by atoms with Crippen LogP contribution in [0.3, 0.4) is 0 Å². The number of carbonyl (C=O) groups is 1. The summed E-state index contributed by atoms with van der Waals surface area (Å²) in [6.45, 7) is 6.29. The first kappa shape index (κ1) is 19.6. The summed E-state index contributed by atoms with van der Waals surface area (Å²) in [6, 6.07) is 24.3. The van der Waals surface area contributed by atoms with Crippen LogP contribution in [0.1, 0.15) is 39.8 Å². The summed E-state index contributed by atoms with van der Waals surface area (Å²) < 4.78 is 2.20. The highest BCUT2D eigenvalue weighted by molar-refractivity contribution is 5.99. The number of hydrogen-bond acceptors (Lipinski definition) is 2. The van der Waals surface area contributed by atoms with Gasteiger partial charge in [-0.05, 0) is 66.9 Å². The van der Waals surface area contributed by atoms with Crippen LogP contribution < -0.4 is 5.43 Å². The molecule has 4 aromatic rings. The first-order valence-corrected chi connectivity index (χ1v) is 10.2. The first-order valence-electron chi connectivity index (χ1n) is 10.2. The highest BCUT2D eigenvalue weighted by Crippen LogP contribution is 2.20. The van der Waals surface area contributed by atoms with Crippen LogP contribution >= 0.6 is 0 Å². The number of hydrogen-bond donors (Lipinski definition) is 1. The van der Waals surface area contributed by atoms with Crippen LogP contribution in [0.25, 0.3) is 16.5 Å². The molecule has 0 aliphatic rings. The molecular weight excluding hydrogens is 370 g/mol. The van der Waals surface area contributed by atoms with Gasteiger partial charge in [0.2, 0.25) is 0 Å². The third-order valence-corrected chi connectivity index (χ3v) is 5.45. The normalized spacial score (nSPS) is 11.3. The van der Waals surface area contributed by atoms with Crippen molar-refractivity contribution >= 4 is 22.9 Å². The molecule has 0 atom stereocenters. The van der Waals surface area contributed by atoms with E-state index in [9.17, 15) is 4.79 Å². The summed E-state index contributed by atoms with van der Waals surface area (Å²) >= 11 is 0. The van der Waals surface area contributed by atoms with Gasteiger partial charge in [-0.25, -0.2) is 5.43 Å². The van der Waals surface area contributed by atoms with Crippen LogP contribution in [0.2, 0.25) is 0 Å². The fourth-order valence-electron chi connectivity index (χ4n) is 3.75. The predicted molar refractivity (Wildman–Crippen MR) is 124 cm³/mol. The van der Waals surface area contributed by atoms with E-state index in [-0.39, 0.29) is 5.91 Å². The van der Waals surface area contributed by atoms with Gasteiger partial charge in [0.15, 0.2) is 0 Å². The number of fused-ring (bicyclic) bond motifs is 1. The molecule has 0 bridgehead atoms. The van der Waals surface area contributed by atoms with Crippen LogP contribution in [0.5, 0.6) is 0 Å². The molecule has 0 saturated heterocycles. The highest BCUT2D eigenvalue weighted by atomic mass is 16.2. The van der Waals surface area contributed by atoms with Crippen molar-refractivity contribution in [2.75, 3.05) is 0 Å². The fourth-order valence-corrected chi connectivity index (χ4v) is 3.75. The molecule has 3 aromatic carbocycles. The standard InChI is InChI=1S/C26H25N3O/c1-4-20-9-13-25(14-10-20)29-18(2)15-24(19(29)3)17-27-28-26(30)23-12-11-21-7-5-6-8-22(21)16-23/h5-17H,4H2,1-3H3,(H,28,30)/b27-17-. The lowest BCUT2D eigenvalue weighted by atomic mass is 10.1. The van der Waals surface area contributed by atoms with E-state index in [0.29, 0.717) is 5.56 Å². The molecule has 4 nitrogen and oxygen atoms in total. The SMILES string of the molecule is CCc1ccc(-n2c(C)cc(/C=N\NC(=O)c3ccc4ccccc4c3)c2C)cc1. The average molecular weight is 396 g/mol. The third-order valence-electron chi connectivity index (χ3n) is 5.45. The number of amides is 1. The maximum Gasteiger partial charge on any atom is 0.271 e. The molecule has 30 heavy (non-hydrogen) atoms. The van der Waals surface area contributed by atoms with E-state index in [0.717, 1.165) is 39.8 Å². The molecule has 0 spiro atoms. The third kappa shape index (κ3) is 3.90. The van der Waals surface area contributed by atoms with Crippen molar-refractivity contribution in [3.05, 3.63) is 101 Å². The van der Waals surface area contributed by atoms with Gasteiger partial charge in [-0.15, -0.1) is 0 Å². The molecule has 0 saturated carbocycles. The zero-order valence-electron chi connectivity index (χ0n) is 17.5. The second-order valence-corrected chi connectivity index (χ2v) is 7.44. The first-order chi connectivity index (χ1) is 14.6. The zero-order chi connectivity index (χ0) is 21.1. The molecule has 1 heterocycles. The predicted octanol–water partition coefficient (Wildman–Crippen LogP) is 5.57. The van der Waals surface area contributed by atoms with E-state index in [1.807, 2.05) is 42.5 Å². The molecule has 1 amide bonds. The Hall–Kier alpha value is -3.66. The van der Waals surface area contributed by atoms with E-state index in [4.69, 9.17) is 0 Å². The average Bonchev–Trinajstić information content (AvgIpc) is 3.06. The van der Waals surface area contributed by atoms with Crippen LogP contribution in [0.4, 0.5) is 0 Å². The molecule has 0 aliphatic carbocycles. The topological polar surface area (TPSA) is 46.4 Å². The molecule has 4 heteroatoms. The highest BCUT2D eigenvalue weighted by Gasteiger charge is 2.10. The van der Waals surface area contributed by atoms with E-state index < -0.39 is 0 Å². The number of rotatable bonds is 5. The number of nitrogens with one attached hydrogen (secondary N) is 1. The van der Waals surface area contributed by atoms with Gasteiger partial charge in [-0.3, -0.25) is 4.79 Å². The summed E-state index contributed by atoms with van der Waals surface area (Å²) in [5, 5.41) is 6.34. The van der Waals surface area contributed by atoms with Gasteiger partial charge in [-0.1, -0.05) is 49.4 Å². The monoisotopic (exact) mass is 395 g/mol. The lowest BCUT2D eigenvalue weighted by Gasteiger charge is -2.10. The smallest absolute Gasteiger partial charge is 0.271 e. The van der Waals surface area contributed by atoms with Gasteiger partial charge >= 0.3 is 0 Å². The number of carbonyl (C=O) groups excluding carboxylic acids is 1. The van der Waals surface area contributed by atoms with Crippen molar-refractivity contribution in [2.45, 2.75) is 27.2 Å². The van der Waals surface area contributed by atoms with E-state index in [1.54, 1.807) is 6.21 Å². The second-order valence-electron chi connectivity index (χ2n) is 7.44. The Morgan fingerprint density at radius 3 is 2.43 bits per heavy atom. The van der Waals surface area contributed by atoms with Crippen molar-refractivity contribution in [3.63, 3.8) is 0 Å². The van der Waals surface area contributed by atoms with E-state index in [2.05, 4.69) is 66.2 Å². The Balaban J connectivity index is 1.51. The summed E-state index contributed by atoms with van der Waals surface area (Å²) in [6.07, 6.45) is 2.73. The number of aromatic nitrogens is 1. The Kier molecular flexibility index (Phi) is 5.48. The summed E-state index contributed by atoms with van der Waals surface area (Å²) in [5.41, 5.74) is 8.87. The number of aryl methyl sites for hydroxylation is 2. The van der Waals surface area contributed by atoms with Crippen molar-refractivity contribution in [2.24, 2.45) is 5.10 Å². The number of hydrazone groups is 1. The largest absolute Gasteiger partial charge is 0.318 e. The maximum absolute atomic E-state index is 12.5. The molecule has 4 rings (SSSR count).